The molecule has 1 saturated heterocycles. The monoisotopic (exact) mass is 382 g/mol. The molecule has 0 radical (unpaired) electrons. The summed E-state index contributed by atoms with van der Waals surface area (Å²) in [6, 6.07) is 0. The SMILES string of the molecule is OC[C@H]1O[C@@H](n2cnc3c2=NCN(OP(O)(O)=S)C=3O)[C@H](O)[C@@H]1O. The summed E-state index contributed by atoms with van der Waals surface area (Å²) in [4.78, 5) is 26.3. The van der Waals surface area contributed by atoms with Crippen LogP contribution < -0.4 is 10.8 Å². The lowest BCUT2D eigenvalue weighted by atomic mass is 10.1. The molecular formula is C10H15N4O8PS. The van der Waals surface area contributed by atoms with E-state index in [1.807, 2.05) is 0 Å². The van der Waals surface area contributed by atoms with Gasteiger partial charge in [0, 0.05) is 0 Å². The highest BCUT2D eigenvalue weighted by Crippen LogP contribution is 2.38. The Morgan fingerprint density at radius 3 is 2.67 bits per heavy atom. The molecule has 0 bridgehead atoms. The van der Waals surface area contributed by atoms with E-state index in [0.29, 0.717) is 5.06 Å². The van der Waals surface area contributed by atoms with Gasteiger partial charge in [0.2, 0.25) is 5.88 Å². The van der Waals surface area contributed by atoms with Gasteiger partial charge in [-0.15, -0.1) is 0 Å². The van der Waals surface area contributed by atoms with E-state index in [1.54, 1.807) is 0 Å². The molecular weight excluding hydrogens is 367 g/mol. The summed E-state index contributed by atoms with van der Waals surface area (Å²) < 4.78 is 11.3. The molecule has 3 heterocycles. The van der Waals surface area contributed by atoms with E-state index in [4.69, 9.17) is 19.6 Å². The maximum Gasteiger partial charge on any atom is 0.344 e. The van der Waals surface area contributed by atoms with Crippen molar-refractivity contribution in [2.45, 2.75) is 24.5 Å². The molecule has 1 aromatic rings. The van der Waals surface area contributed by atoms with Crippen molar-refractivity contribution in [2.24, 2.45) is 4.99 Å². The van der Waals surface area contributed by atoms with Crippen LogP contribution in [0.2, 0.25) is 0 Å². The number of ether oxygens (including phenoxy) is 1. The molecule has 3 rings (SSSR count). The average Bonchev–Trinajstić information content (AvgIpc) is 3.04. The molecule has 0 saturated carbocycles. The van der Waals surface area contributed by atoms with Gasteiger partial charge in [-0.05, 0) is 11.8 Å². The lowest BCUT2D eigenvalue weighted by molar-refractivity contribution is -0.0564. The van der Waals surface area contributed by atoms with Crippen LogP contribution in [0, 0.1) is 0 Å². The number of aromatic nitrogens is 2. The van der Waals surface area contributed by atoms with Gasteiger partial charge in [-0.2, -0.15) is 9.69 Å². The fourth-order valence-corrected chi connectivity index (χ4v) is 3.10. The molecule has 134 valence electrons. The Balaban J connectivity index is 1.97. The van der Waals surface area contributed by atoms with Gasteiger partial charge in [0.15, 0.2) is 17.1 Å². The number of imidazole rings is 1. The second-order valence-electron chi connectivity index (χ2n) is 5.13. The zero-order valence-electron chi connectivity index (χ0n) is 11.9. The summed E-state index contributed by atoms with van der Waals surface area (Å²) in [5.74, 6) is -0.553. The van der Waals surface area contributed by atoms with E-state index in [9.17, 15) is 15.3 Å². The number of aliphatic hydroxyl groups excluding tert-OH is 4. The second-order valence-corrected chi connectivity index (χ2v) is 7.70. The Hall–Kier alpha value is -1.15. The van der Waals surface area contributed by atoms with E-state index in [1.165, 1.54) is 10.9 Å². The van der Waals surface area contributed by atoms with Gasteiger partial charge in [-0.25, -0.2) is 9.98 Å². The van der Waals surface area contributed by atoms with Gasteiger partial charge >= 0.3 is 6.72 Å². The molecule has 0 aliphatic carbocycles. The highest BCUT2D eigenvalue weighted by molar-refractivity contribution is 8.06. The van der Waals surface area contributed by atoms with Gasteiger partial charge in [-0.1, -0.05) is 0 Å². The van der Waals surface area contributed by atoms with Crippen molar-refractivity contribution in [3.63, 3.8) is 0 Å². The number of hydrogen-bond acceptors (Lipinski definition) is 10. The number of rotatable bonds is 4. The summed E-state index contributed by atoms with van der Waals surface area (Å²) in [5.41, 5.74) is 0.117. The smallest absolute Gasteiger partial charge is 0.344 e. The van der Waals surface area contributed by atoms with Gasteiger partial charge in [0.05, 0.1) is 12.9 Å². The van der Waals surface area contributed by atoms with Crippen LogP contribution in [0.25, 0.3) is 5.88 Å². The third kappa shape index (κ3) is 3.06. The van der Waals surface area contributed by atoms with Crippen molar-refractivity contribution in [3.8, 4) is 0 Å². The maximum atomic E-state index is 10.1. The number of aliphatic hydroxyl groups is 4. The van der Waals surface area contributed by atoms with Crippen molar-refractivity contribution in [2.75, 3.05) is 13.3 Å². The number of fused-ring (bicyclic) bond motifs is 1. The Labute approximate surface area is 139 Å². The second kappa shape index (κ2) is 6.29. The quantitative estimate of drug-likeness (QED) is 0.281. The van der Waals surface area contributed by atoms with E-state index in [0.717, 1.165) is 0 Å². The van der Waals surface area contributed by atoms with Crippen LogP contribution in [-0.2, 0) is 21.2 Å². The van der Waals surface area contributed by atoms with Crippen LogP contribution in [0.15, 0.2) is 11.3 Å². The standard InChI is InChI=1S/C10H15N4O8PS/c15-1-4-6(16)7(17)10(21-4)13-2-11-5-8(13)12-3-14(9(5)18)22-23(19,20)24/h2,4,6-7,10,15-18H,1,3H2,(H2,19,20,24)/t4-,6-,7-,10-/m1/s1. The van der Waals surface area contributed by atoms with Crippen molar-refractivity contribution in [1.82, 2.24) is 14.6 Å². The predicted octanol–water partition coefficient (Wildman–Crippen LogP) is -3.85. The highest BCUT2D eigenvalue weighted by Gasteiger charge is 2.44. The Bertz CT molecular complexity index is 795. The molecule has 1 fully saturated rings. The molecule has 0 aromatic carbocycles. The molecule has 14 heteroatoms. The third-order valence-electron chi connectivity index (χ3n) is 3.56. The normalized spacial score (nSPS) is 30.4. The van der Waals surface area contributed by atoms with Crippen LogP contribution in [0.1, 0.15) is 6.23 Å². The van der Waals surface area contributed by atoms with E-state index < -0.39 is 43.7 Å². The first kappa shape index (κ1) is 17.7. The van der Waals surface area contributed by atoms with Gasteiger partial charge in [0.1, 0.15) is 25.0 Å². The molecule has 0 unspecified atom stereocenters. The molecule has 2 aliphatic heterocycles. The average molecular weight is 382 g/mol. The summed E-state index contributed by atoms with van der Waals surface area (Å²) in [6.07, 6.45) is -3.47. The molecule has 24 heavy (non-hydrogen) atoms. The van der Waals surface area contributed by atoms with Gasteiger partial charge in [-0.3, -0.25) is 4.57 Å². The molecule has 2 aliphatic rings. The molecule has 0 amide bonds. The maximum absolute atomic E-state index is 10.1. The minimum atomic E-state index is -4.07. The summed E-state index contributed by atoms with van der Waals surface area (Å²) >= 11 is 4.33. The lowest BCUT2D eigenvalue weighted by Crippen LogP contribution is -2.44. The summed E-state index contributed by atoms with van der Waals surface area (Å²) in [7, 11) is 0. The van der Waals surface area contributed by atoms with Crippen LogP contribution >= 0.6 is 6.72 Å². The van der Waals surface area contributed by atoms with Crippen LogP contribution in [0.4, 0.5) is 0 Å². The molecule has 4 atom stereocenters. The van der Waals surface area contributed by atoms with Gasteiger partial charge in [0.25, 0.3) is 0 Å². The number of hydroxylamine groups is 2. The van der Waals surface area contributed by atoms with Crippen molar-refractivity contribution < 1.29 is 39.6 Å². The first-order chi connectivity index (χ1) is 11.2. The zero-order valence-corrected chi connectivity index (χ0v) is 13.7. The first-order valence-corrected chi connectivity index (χ1v) is 9.31. The van der Waals surface area contributed by atoms with Gasteiger partial charge < -0.3 is 34.9 Å². The van der Waals surface area contributed by atoms with Crippen molar-refractivity contribution in [3.05, 3.63) is 17.2 Å². The molecule has 12 nitrogen and oxygen atoms in total. The van der Waals surface area contributed by atoms with Crippen LogP contribution in [0.5, 0.6) is 0 Å². The minimum absolute atomic E-state index is 0.0672. The highest BCUT2D eigenvalue weighted by atomic mass is 32.5. The minimum Gasteiger partial charge on any atom is -0.492 e. The van der Waals surface area contributed by atoms with Crippen LogP contribution in [-0.4, -0.2) is 76.4 Å². The topological polar surface area (TPSA) is 173 Å². The summed E-state index contributed by atoms with van der Waals surface area (Å²) in [5, 5.41) is 39.7. The van der Waals surface area contributed by atoms with E-state index in [-0.39, 0.29) is 17.5 Å². The zero-order chi connectivity index (χ0) is 17.6. The fraction of sp³-hybridized carbons (Fsp3) is 0.600. The predicted molar refractivity (Wildman–Crippen MR) is 78.6 cm³/mol. The third-order valence-corrected chi connectivity index (χ3v) is 4.17. The lowest BCUT2D eigenvalue weighted by Gasteiger charge is -2.23. The van der Waals surface area contributed by atoms with Crippen LogP contribution in [0.3, 0.4) is 0 Å². The van der Waals surface area contributed by atoms with E-state index in [2.05, 4.69) is 26.4 Å². The van der Waals surface area contributed by atoms with E-state index >= 15 is 0 Å². The molecule has 0 spiro atoms. The number of nitrogens with zero attached hydrogens (tertiary/aromatic N) is 4. The molecule has 6 N–H and O–H groups in total. The Morgan fingerprint density at radius 2 is 2.08 bits per heavy atom. The fourth-order valence-electron chi connectivity index (χ4n) is 2.47. The largest absolute Gasteiger partial charge is 0.492 e. The van der Waals surface area contributed by atoms with Crippen molar-refractivity contribution >= 4 is 24.4 Å². The molecule has 1 aromatic heterocycles. The number of hydrogen-bond donors (Lipinski definition) is 6. The summed E-state index contributed by atoms with van der Waals surface area (Å²) in [6.45, 7) is -4.88. The van der Waals surface area contributed by atoms with Crippen molar-refractivity contribution in [1.29, 1.82) is 0 Å². The Kier molecular flexibility index (Phi) is 4.63. The Morgan fingerprint density at radius 1 is 1.38 bits per heavy atom. The first-order valence-electron chi connectivity index (χ1n) is 6.69.